The highest BCUT2D eigenvalue weighted by Gasteiger charge is 2.42. The van der Waals surface area contributed by atoms with Gasteiger partial charge in [-0.1, -0.05) is 5.16 Å². The van der Waals surface area contributed by atoms with Gasteiger partial charge in [-0.2, -0.15) is 0 Å². The molecule has 1 saturated heterocycles. The summed E-state index contributed by atoms with van der Waals surface area (Å²) in [7, 11) is 0. The van der Waals surface area contributed by atoms with Crippen LogP contribution in [0.5, 0.6) is 0 Å². The molecule has 1 fully saturated rings. The first kappa shape index (κ1) is 10.4. The third kappa shape index (κ3) is 2.12. The molecule has 0 aromatic heterocycles. The predicted octanol–water partition coefficient (Wildman–Crippen LogP) is 0.875. The van der Waals surface area contributed by atoms with Crippen LogP contribution in [0.1, 0.15) is 26.2 Å². The molecule has 2 aliphatic rings. The van der Waals surface area contributed by atoms with Crippen molar-refractivity contribution in [2.75, 3.05) is 19.8 Å². The van der Waals surface area contributed by atoms with Crippen molar-refractivity contribution in [3.8, 4) is 0 Å². The Labute approximate surface area is 88.4 Å². The van der Waals surface area contributed by atoms with Gasteiger partial charge in [0.25, 0.3) is 0 Å². The number of carbonyl (C=O) groups is 1. The molecule has 2 aliphatic heterocycles. The van der Waals surface area contributed by atoms with Crippen LogP contribution in [0.4, 0.5) is 0 Å². The van der Waals surface area contributed by atoms with Crippen molar-refractivity contribution in [3.05, 3.63) is 0 Å². The molecule has 0 radical (unpaired) electrons. The molecule has 5 nitrogen and oxygen atoms in total. The lowest BCUT2D eigenvalue weighted by atomic mass is 9.89. The monoisotopic (exact) mass is 213 g/mol. The summed E-state index contributed by atoms with van der Waals surface area (Å²) in [5.41, 5.74) is 0.0964. The highest BCUT2D eigenvalue weighted by atomic mass is 16.7. The maximum absolute atomic E-state index is 11.4. The number of hydrogen-bond donors (Lipinski definition) is 0. The molecule has 0 unspecified atom stereocenters. The number of carbonyl (C=O) groups excluding carboxylic acids is 1. The van der Waals surface area contributed by atoms with Crippen molar-refractivity contribution in [2.45, 2.75) is 31.8 Å². The van der Waals surface area contributed by atoms with E-state index in [4.69, 9.17) is 14.3 Å². The zero-order chi connectivity index (χ0) is 10.7. The Bertz CT molecular complexity index is 281. The Hall–Kier alpha value is -1.10. The molecule has 15 heavy (non-hydrogen) atoms. The Kier molecular flexibility index (Phi) is 2.90. The number of hydrogen-bond acceptors (Lipinski definition) is 5. The van der Waals surface area contributed by atoms with Crippen molar-refractivity contribution in [3.63, 3.8) is 0 Å². The molecular formula is C10H15NO4. The SMILES string of the molecule is CCOC(=O)C1=NOC2(CCOCC2)C1. The third-order valence-electron chi connectivity index (χ3n) is 2.75. The van der Waals surface area contributed by atoms with Crippen LogP contribution in [0.15, 0.2) is 5.16 Å². The fourth-order valence-corrected chi connectivity index (χ4v) is 1.86. The highest BCUT2D eigenvalue weighted by molar-refractivity contribution is 6.36. The van der Waals surface area contributed by atoms with Crippen LogP contribution in [0.2, 0.25) is 0 Å². The summed E-state index contributed by atoms with van der Waals surface area (Å²) in [6.07, 6.45) is 2.13. The Balaban J connectivity index is 1.94. The van der Waals surface area contributed by atoms with Gasteiger partial charge in [0.1, 0.15) is 5.60 Å². The molecule has 0 N–H and O–H groups in total. The summed E-state index contributed by atoms with van der Waals surface area (Å²) in [4.78, 5) is 16.8. The van der Waals surface area contributed by atoms with Gasteiger partial charge in [-0.15, -0.1) is 0 Å². The molecule has 2 heterocycles. The van der Waals surface area contributed by atoms with Gasteiger partial charge < -0.3 is 14.3 Å². The zero-order valence-electron chi connectivity index (χ0n) is 8.82. The highest BCUT2D eigenvalue weighted by Crippen LogP contribution is 2.33. The molecule has 84 valence electrons. The van der Waals surface area contributed by atoms with Crippen LogP contribution < -0.4 is 0 Å². The van der Waals surface area contributed by atoms with Gasteiger partial charge in [0.2, 0.25) is 0 Å². The van der Waals surface area contributed by atoms with Crippen molar-refractivity contribution >= 4 is 11.7 Å². The van der Waals surface area contributed by atoms with E-state index in [-0.39, 0.29) is 11.6 Å². The van der Waals surface area contributed by atoms with Gasteiger partial charge in [-0.25, -0.2) is 4.79 Å². The van der Waals surface area contributed by atoms with Gasteiger partial charge in [0, 0.05) is 19.3 Å². The molecule has 5 heteroatoms. The predicted molar refractivity (Wildman–Crippen MR) is 52.6 cm³/mol. The molecule has 0 atom stereocenters. The minimum atomic E-state index is -0.360. The molecule has 2 rings (SSSR count). The van der Waals surface area contributed by atoms with Crippen LogP contribution in [0, 0.1) is 0 Å². The maximum Gasteiger partial charge on any atom is 0.356 e. The lowest BCUT2D eigenvalue weighted by molar-refractivity contribution is -0.135. The molecule has 1 spiro atoms. The first-order valence-corrected chi connectivity index (χ1v) is 5.26. The number of rotatable bonds is 2. The van der Waals surface area contributed by atoms with E-state index in [2.05, 4.69) is 5.16 Å². The van der Waals surface area contributed by atoms with Crippen LogP contribution >= 0.6 is 0 Å². The molecule has 0 bridgehead atoms. The Morgan fingerprint density at radius 3 is 2.93 bits per heavy atom. The van der Waals surface area contributed by atoms with Gasteiger partial charge >= 0.3 is 5.97 Å². The topological polar surface area (TPSA) is 57.1 Å². The van der Waals surface area contributed by atoms with Crippen LogP contribution in [0.3, 0.4) is 0 Å². The lowest BCUT2D eigenvalue weighted by Crippen LogP contribution is -2.37. The lowest BCUT2D eigenvalue weighted by Gasteiger charge is -2.30. The van der Waals surface area contributed by atoms with Crippen molar-refractivity contribution in [2.24, 2.45) is 5.16 Å². The van der Waals surface area contributed by atoms with E-state index < -0.39 is 0 Å². The smallest absolute Gasteiger partial charge is 0.356 e. The minimum absolute atomic E-state index is 0.305. The van der Waals surface area contributed by atoms with E-state index in [1.165, 1.54) is 0 Å². The van der Waals surface area contributed by atoms with E-state index in [1.54, 1.807) is 6.92 Å². The van der Waals surface area contributed by atoms with Crippen LogP contribution in [-0.2, 0) is 19.1 Å². The van der Waals surface area contributed by atoms with E-state index in [1.807, 2.05) is 0 Å². The summed E-state index contributed by atoms with van der Waals surface area (Å²) in [6.45, 7) is 3.49. The summed E-state index contributed by atoms with van der Waals surface area (Å²) in [6, 6.07) is 0. The molecule has 0 saturated carbocycles. The number of ether oxygens (including phenoxy) is 2. The quantitative estimate of drug-likeness (QED) is 0.639. The minimum Gasteiger partial charge on any atom is -0.461 e. The molecular weight excluding hydrogens is 198 g/mol. The van der Waals surface area contributed by atoms with Gasteiger partial charge in [0.15, 0.2) is 5.71 Å². The number of nitrogens with zero attached hydrogens (tertiary/aromatic N) is 1. The Morgan fingerprint density at radius 2 is 2.27 bits per heavy atom. The second kappa shape index (κ2) is 4.18. The van der Waals surface area contributed by atoms with E-state index in [0.29, 0.717) is 32.0 Å². The number of oxime groups is 1. The Morgan fingerprint density at radius 1 is 1.53 bits per heavy atom. The number of esters is 1. The van der Waals surface area contributed by atoms with Crippen LogP contribution in [-0.4, -0.2) is 37.1 Å². The van der Waals surface area contributed by atoms with E-state index in [0.717, 1.165) is 12.8 Å². The first-order chi connectivity index (χ1) is 7.26. The summed E-state index contributed by atoms with van der Waals surface area (Å²) in [5, 5.41) is 3.82. The van der Waals surface area contributed by atoms with Crippen LogP contribution in [0.25, 0.3) is 0 Å². The summed E-state index contributed by atoms with van der Waals surface area (Å²) < 4.78 is 10.1. The van der Waals surface area contributed by atoms with Crippen molar-refractivity contribution in [1.82, 2.24) is 0 Å². The fraction of sp³-hybridized carbons (Fsp3) is 0.800. The summed E-state index contributed by atoms with van der Waals surface area (Å²) in [5.74, 6) is -0.360. The maximum atomic E-state index is 11.4. The second-order valence-electron chi connectivity index (χ2n) is 3.82. The van der Waals surface area contributed by atoms with Crippen molar-refractivity contribution in [1.29, 1.82) is 0 Å². The fourth-order valence-electron chi connectivity index (χ4n) is 1.86. The van der Waals surface area contributed by atoms with E-state index >= 15 is 0 Å². The molecule has 0 aromatic rings. The summed E-state index contributed by atoms with van der Waals surface area (Å²) >= 11 is 0. The average Bonchev–Trinajstić information content (AvgIpc) is 2.64. The van der Waals surface area contributed by atoms with E-state index in [9.17, 15) is 4.79 Å². The van der Waals surface area contributed by atoms with Gasteiger partial charge in [0.05, 0.1) is 19.8 Å². The standard InChI is InChI=1S/C10H15NO4/c1-2-14-9(12)8-7-10(15-11-8)3-5-13-6-4-10/h2-7H2,1H3. The molecule has 0 amide bonds. The van der Waals surface area contributed by atoms with Gasteiger partial charge in [-0.3, -0.25) is 0 Å². The molecule has 0 aromatic carbocycles. The zero-order valence-corrected chi connectivity index (χ0v) is 8.82. The molecule has 0 aliphatic carbocycles. The second-order valence-corrected chi connectivity index (χ2v) is 3.82. The average molecular weight is 213 g/mol. The van der Waals surface area contributed by atoms with Crippen molar-refractivity contribution < 1.29 is 19.1 Å². The normalized spacial score (nSPS) is 23.4. The third-order valence-corrected chi connectivity index (χ3v) is 2.75. The largest absolute Gasteiger partial charge is 0.461 e. The van der Waals surface area contributed by atoms with Gasteiger partial charge in [-0.05, 0) is 6.92 Å². The first-order valence-electron chi connectivity index (χ1n) is 5.26.